The van der Waals surface area contributed by atoms with E-state index in [1.807, 2.05) is 0 Å². The standard InChI is InChI=1S/2C9H9F2N/c2*10-7-2-1-5(3-8(7)11)6-4-9(6)12/h2*1-3,6,9H,4,12H2/t2*6-,9+/m10/s1. The van der Waals surface area contributed by atoms with Crippen LogP contribution in [0.5, 0.6) is 0 Å². The Kier molecular flexibility index (Phi) is 4.60. The van der Waals surface area contributed by atoms with Gasteiger partial charge in [0.15, 0.2) is 23.3 Å². The summed E-state index contributed by atoms with van der Waals surface area (Å²) in [5.74, 6) is -2.70. The molecule has 0 aliphatic heterocycles. The number of nitrogens with two attached hydrogens (primary N) is 2. The number of benzene rings is 2. The Hall–Kier alpha value is -1.92. The van der Waals surface area contributed by atoms with Crippen molar-refractivity contribution in [3.63, 3.8) is 0 Å². The molecular weight excluding hydrogens is 320 g/mol. The van der Waals surface area contributed by atoms with Gasteiger partial charge in [0.05, 0.1) is 0 Å². The molecule has 24 heavy (non-hydrogen) atoms. The van der Waals surface area contributed by atoms with E-state index < -0.39 is 23.3 Å². The summed E-state index contributed by atoms with van der Waals surface area (Å²) in [6.45, 7) is 0. The highest BCUT2D eigenvalue weighted by atomic mass is 19.2. The maximum absolute atomic E-state index is 12.7. The molecule has 6 heteroatoms. The molecule has 2 aromatic rings. The third-order valence-corrected chi connectivity index (χ3v) is 4.42. The SMILES string of the molecule is N[C@@H]1C[C@H]1c1ccc(F)c(F)c1.N[C@H]1C[C@@H]1c1ccc(F)c(F)c1. The van der Waals surface area contributed by atoms with E-state index >= 15 is 0 Å². The van der Waals surface area contributed by atoms with Crippen molar-refractivity contribution in [2.45, 2.75) is 36.8 Å². The number of halogens is 4. The molecule has 4 N–H and O–H groups in total. The Morgan fingerprint density at radius 3 is 1.21 bits per heavy atom. The van der Waals surface area contributed by atoms with Crippen molar-refractivity contribution in [3.8, 4) is 0 Å². The minimum Gasteiger partial charge on any atom is -0.327 e. The Morgan fingerprint density at radius 2 is 0.958 bits per heavy atom. The lowest BCUT2D eigenvalue weighted by Crippen LogP contribution is -2.01. The summed E-state index contributed by atoms with van der Waals surface area (Å²) >= 11 is 0. The van der Waals surface area contributed by atoms with Crippen LogP contribution in [0.3, 0.4) is 0 Å². The van der Waals surface area contributed by atoms with E-state index in [4.69, 9.17) is 11.5 Å². The average Bonchev–Trinajstić information content (AvgIpc) is 3.44. The molecule has 0 amide bonds. The first kappa shape index (κ1) is 16.9. The quantitative estimate of drug-likeness (QED) is 0.823. The Morgan fingerprint density at radius 1 is 0.625 bits per heavy atom. The van der Waals surface area contributed by atoms with Gasteiger partial charge in [-0.2, -0.15) is 0 Å². The summed E-state index contributed by atoms with van der Waals surface area (Å²) in [5.41, 5.74) is 12.8. The zero-order valence-electron chi connectivity index (χ0n) is 12.9. The van der Waals surface area contributed by atoms with Gasteiger partial charge in [-0.1, -0.05) is 12.1 Å². The Labute approximate surface area is 137 Å². The highest BCUT2D eigenvalue weighted by Gasteiger charge is 2.35. The molecule has 2 aromatic carbocycles. The van der Waals surface area contributed by atoms with Crippen molar-refractivity contribution >= 4 is 0 Å². The lowest BCUT2D eigenvalue weighted by Gasteiger charge is -1.98. The molecule has 0 bridgehead atoms. The molecule has 0 radical (unpaired) electrons. The molecule has 0 saturated heterocycles. The normalized spacial score (nSPS) is 27.2. The van der Waals surface area contributed by atoms with E-state index in [9.17, 15) is 17.6 Å². The summed E-state index contributed by atoms with van der Waals surface area (Å²) in [6.07, 6.45) is 1.76. The fraction of sp³-hybridized carbons (Fsp3) is 0.333. The largest absolute Gasteiger partial charge is 0.327 e. The summed E-state index contributed by atoms with van der Waals surface area (Å²) in [4.78, 5) is 0. The predicted molar refractivity (Wildman–Crippen MR) is 83.4 cm³/mol. The van der Waals surface area contributed by atoms with Gasteiger partial charge in [0, 0.05) is 23.9 Å². The molecule has 0 heterocycles. The maximum Gasteiger partial charge on any atom is 0.159 e. The topological polar surface area (TPSA) is 52.0 Å². The molecular formula is C18H18F4N2. The predicted octanol–water partition coefficient (Wildman–Crippen LogP) is 3.56. The zero-order valence-corrected chi connectivity index (χ0v) is 12.9. The fourth-order valence-electron chi connectivity index (χ4n) is 2.68. The van der Waals surface area contributed by atoms with Gasteiger partial charge in [0.2, 0.25) is 0 Å². The van der Waals surface area contributed by atoms with Gasteiger partial charge in [0.1, 0.15) is 0 Å². The molecule has 2 saturated carbocycles. The first-order chi connectivity index (χ1) is 11.4. The number of hydrogen-bond acceptors (Lipinski definition) is 2. The first-order valence-corrected chi connectivity index (χ1v) is 7.78. The van der Waals surface area contributed by atoms with Gasteiger partial charge in [-0.25, -0.2) is 17.6 Å². The van der Waals surface area contributed by atoms with E-state index in [1.165, 1.54) is 12.1 Å². The minimum atomic E-state index is -0.798. The third-order valence-electron chi connectivity index (χ3n) is 4.42. The second-order valence-corrected chi connectivity index (χ2v) is 6.36. The maximum atomic E-state index is 12.7. The summed E-state index contributed by atoms with van der Waals surface area (Å²) in [6, 6.07) is 8.21. The molecule has 128 valence electrons. The van der Waals surface area contributed by atoms with Crippen molar-refractivity contribution in [2.24, 2.45) is 11.5 Å². The second-order valence-electron chi connectivity index (χ2n) is 6.36. The Bertz CT molecular complexity index is 686. The highest BCUT2D eigenvalue weighted by molar-refractivity contribution is 5.29. The van der Waals surface area contributed by atoms with E-state index in [2.05, 4.69) is 0 Å². The van der Waals surface area contributed by atoms with E-state index in [0.29, 0.717) is 0 Å². The Balaban J connectivity index is 0.000000141. The molecule has 0 unspecified atom stereocenters. The summed E-state index contributed by atoms with van der Waals surface area (Å²) < 4.78 is 50.3. The van der Waals surface area contributed by atoms with Gasteiger partial charge in [-0.05, 0) is 48.2 Å². The van der Waals surface area contributed by atoms with Gasteiger partial charge in [-0.15, -0.1) is 0 Å². The lowest BCUT2D eigenvalue weighted by molar-refractivity contribution is 0.507. The first-order valence-electron chi connectivity index (χ1n) is 7.78. The molecule has 2 aliphatic carbocycles. The smallest absolute Gasteiger partial charge is 0.159 e. The van der Waals surface area contributed by atoms with Crippen molar-refractivity contribution in [1.82, 2.24) is 0 Å². The monoisotopic (exact) mass is 338 g/mol. The second kappa shape index (κ2) is 6.53. The lowest BCUT2D eigenvalue weighted by atomic mass is 10.1. The van der Waals surface area contributed by atoms with Crippen LogP contribution in [0.15, 0.2) is 36.4 Å². The van der Waals surface area contributed by atoms with Crippen molar-refractivity contribution in [3.05, 3.63) is 70.8 Å². The van der Waals surface area contributed by atoms with Crippen LogP contribution in [0, 0.1) is 23.3 Å². The van der Waals surface area contributed by atoms with Gasteiger partial charge < -0.3 is 11.5 Å². The van der Waals surface area contributed by atoms with E-state index in [-0.39, 0.29) is 23.9 Å². The number of hydrogen-bond donors (Lipinski definition) is 2. The fourth-order valence-corrected chi connectivity index (χ4v) is 2.68. The van der Waals surface area contributed by atoms with Crippen LogP contribution in [-0.2, 0) is 0 Å². The van der Waals surface area contributed by atoms with Crippen molar-refractivity contribution in [2.75, 3.05) is 0 Å². The van der Waals surface area contributed by atoms with Crippen LogP contribution < -0.4 is 11.5 Å². The van der Waals surface area contributed by atoms with Crippen molar-refractivity contribution < 1.29 is 17.6 Å². The van der Waals surface area contributed by atoms with Crippen LogP contribution in [0.4, 0.5) is 17.6 Å². The van der Waals surface area contributed by atoms with Crippen LogP contribution in [0.2, 0.25) is 0 Å². The van der Waals surface area contributed by atoms with Crippen LogP contribution in [0.1, 0.15) is 35.8 Å². The van der Waals surface area contributed by atoms with E-state index in [1.54, 1.807) is 12.1 Å². The highest BCUT2D eigenvalue weighted by Crippen LogP contribution is 2.39. The van der Waals surface area contributed by atoms with Crippen molar-refractivity contribution in [1.29, 1.82) is 0 Å². The molecule has 2 fully saturated rings. The molecule has 4 atom stereocenters. The third kappa shape index (κ3) is 3.76. The molecule has 0 aromatic heterocycles. The van der Waals surface area contributed by atoms with E-state index in [0.717, 1.165) is 36.1 Å². The zero-order chi connectivity index (χ0) is 17.4. The minimum absolute atomic E-state index is 0.134. The van der Waals surface area contributed by atoms with Gasteiger partial charge >= 0.3 is 0 Å². The van der Waals surface area contributed by atoms with Crippen LogP contribution in [0.25, 0.3) is 0 Å². The summed E-state index contributed by atoms with van der Waals surface area (Å²) in [5, 5.41) is 0. The average molecular weight is 338 g/mol. The molecule has 2 nitrogen and oxygen atoms in total. The van der Waals surface area contributed by atoms with Gasteiger partial charge in [-0.3, -0.25) is 0 Å². The summed E-state index contributed by atoms with van der Waals surface area (Å²) in [7, 11) is 0. The number of rotatable bonds is 2. The van der Waals surface area contributed by atoms with Crippen LogP contribution in [-0.4, -0.2) is 12.1 Å². The molecule has 0 spiro atoms. The molecule has 4 rings (SSSR count). The van der Waals surface area contributed by atoms with Gasteiger partial charge in [0.25, 0.3) is 0 Å². The molecule has 2 aliphatic rings. The van der Waals surface area contributed by atoms with Crippen LogP contribution >= 0.6 is 0 Å².